The van der Waals surface area contributed by atoms with Crippen molar-refractivity contribution in [2.75, 3.05) is 13.2 Å². The van der Waals surface area contributed by atoms with Gasteiger partial charge in [-0.2, -0.15) is 0 Å². The molecule has 5 nitrogen and oxygen atoms in total. The highest BCUT2D eigenvalue weighted by Crippen LogP contribution is 2.21. The predicted molar refractivity (Wildman–Crippen MR) is 107 cm³/mol. The second-order valence-corrected chi connectivity index (χ2v) is 7.62. The average molecular weight is 463 g/mol. The molecule has 1 atom stereocenters. The molecule has 0 saturated carbocycles. The summed E-state index contributed by atoms with van der Waals surface area (Å²) in [6, 6.07) is 10.2. The summed E-state index contributed by atoms with van der Waals surface area (Å²) in [4.78, 5) is 17.1. The van der Waals surface area contributed by atoms with E-state index in [1.165, 1.54) is 6.07 Å². The molecule has 0 radical (unpaired) electrons. The first kappa shape index (κ1) is 19.7. The van der Waals surface area contributed by atoms with Gasteiger partial charge in [0.1, 0.15) is 11.1 Å². The van der Waals surface area contributed by atoms with E-state index in [1.807, 2.05) is 6.07 Å². The minimum atomic E-state index is -1.03. The van der Waals surface area contributed by atoms with Crippen molar-refractivity contribution in [1.82, 2.24) is 5.32 Å². The van der Waals surface area contributed by atoms with E-state index in [0.29, 0.717) is 24.1 Å². The molecule has 3 aromatic rings. The number of halogens is 3. The van der Waals surface area contributed by atoms with Crippen molar-refractivity contribution >= 4 is 38.5 Å². The van der Waals surface area contributed by atoms with Crippen LogP contribution in [-0.2, 0) is 4.74 Å². The van der Waals surface area contributed by atoms with E-state index in [1.54, 1.807) is 18.2 Å². The highest BCUT2D eigenvalue weighted by atomic mass is 79.9. The lowest BCUT2D eigenvalue weighted by Crippen LogP contribution is -2.34. The molecule has 2 heterocycles. The van der Waals surface area contributed by atoms with Crippen LogP contribution >= 0.6 is 15.9 Å². The summed E-state index contributed by atoms with van der Waals surface area (Å²) in [6.07, 6.45) is 1.84. The van der Waals surface area contributed by atoms with E-state index in [-0.39, 0.29) is 28.8 Å². The van der Waals surface area contributed by atoms with E-state index < -0.39 is 11.6 Å². The van der Waals surface area contributed by atoms with Gasteiger partial charge in [-0.05, 0) is 49.2 Å². The van der Waals surface area contributed by atoms with Crippen molar-refractivity contribution in [3.63, 3.8) is 0 Å². The Balaban J connectivity index is 1.76. The SMILES string of the molecule is O=C(NC[C@@H]1CCCO1)c1cc2cc(Br)ccc2oc1=Nc1ccc(F)c(F)c1. The van der Waals surface area contributed by atoms with Gasteiger partial charge >= 0.3 is 0 Å². The van der Waals surface area contributed by atoms with Crippen molar-refractivity contribution in [3.05, 3.63) is 69.7 Å². The van der Waals surface area contributed by atoms with Gasteiger partial charge < -0.3 is 14.5 Å². The maximum Gasteiger partial charge on any atom is 0.256 e. The molecule has 150 valence electrons. The average Bonchev–Trinajstić information content (AvgIpc) is 3.22. The maximum absolute atomic E-state index is 13.6. The first-order valence-corrected chi connectivity index (χ1v) is 9.92. The Hall–Kier alpha value is -2.58. The number of hydrogen-bond donors (Lipinski definition) is 1. The number of carbonyl (C=O) groups excluding carboxylic acids is 1. The number of nitrogens with one attached hydrogen (secondary N) is 1. The lowest BCUT2D eigenvalue weighted by molar-refractivity contribution is 0.0854. The zero-order valence-electron chi connectivity index (χ0n) is 15.3. The van der Waals surface area contributed by atoms with Gasteiger partial charge in [-0.3, -0.25) is 4.79 Å². The van der Waals surface area contributed by atoms with Gasteiger partial charge in [-0.1, -0.05) is 15.9 Å². The molecule has 1 aliphatic rings. The largest absolute Gasteiger partial charge is 0.438 e. The van der Waals surface area contributed by atoms with E-state index in [4.69, 9.17) is 9.15 Å². The normalized spacial score (nSPS) is 17.1. The zero-order valence-corrected chi connectivity index (χ0v) is 16.8. The molecule has 29 heavy (non-hydrogen) atoms. The third kappa shape index (κ3) is 4.54. The van der Waals surface area contributed by atoms with Crippen LogP contribution in [0.5, 0.6) is 0 Å². The summed E-state index contributed by atoms with van der Waals surface area (Å²) in [7, 11) is 0. The van der Waals surface area contributed by atoms with Crippen LogP contribution in [0.25, 0.3) is 11.0 Å². The molecule has 1 saturated heterocycles. The first-order valence-electron chi connectivity index (χ1n) is 9.12. The Kier molecular flexibility index (Phi) is 5.73. The number of nitrogens with zero attached hydrogens (tertiary/aromatic N) is 1. The van der Waals surface area contributed by atoms with Crippen LogP contribution in [0.1, 0.15) is 23.2 Å². The fourth-order valence-corrected chi connectivity index (χ4v) is 3.50. The molecule has 4 rings (SSSR count). The number of fused-ring (bicyclic) bond motifs is 1. The number of hydrogen-bond acceptors (Lipinski definition) is 4. The Morgan fingerprint density at radius 1 is 1.17 bits per heavy atom. The molecule has 8 heteroatoms. The van der Waals surface area contributed by atoms with Crippen LogP contribution in [0, 0.1) is 11.6 Å². The molecule has 0 aliphatic carbocycles. The molecule has 0 unspecified atom stereocenters. The molecule has 1 N–H and O–H groups in total. The van der Waals surface area contributed by atoms with Gasteiger partial charge in [0, 0.05) is 29.1 Å². The van der Waals surface area contributed by atoms with E-state index in [0.717, 1.165) is 29.4 Å². The standard InChI is InChI=1S/C21H17BrF2N2O3/c22-13-3-6-19-12(8-13)9-16(20(27)25-11-15-2-1-7-28-15)21(29-19)26-14-4-5-17(23)18(24)10-14/h3-6,8-10,15H,1-2,7,11H2,(H,25,27)/t15-/m0/s1. The molecule has 0 spiro atoms. The predicted octanol–water partition coefficient (Wildman–Crippen LogP) is 4.61. The van der Waals surface area contributed by atoms with Crippen LogP contribution in [0.4, 0.5) is 14.5 Å². The number of benzene rings is 2. The zero-order chi connectivity index (χ0) is 20.4. The third-order valence-corrected chi connectivity index (χ3v) is 5.09. The smallest absolute Gasteiger partial charge is 0.256 e. The molecule has 1 aromatic heterocycles. The van der Waals surface area contributed by atoms with Crippen molar-refractivity contribution in [2.24, 2.45) is 4.99 Å². The van der Waals surface area contributed by atoms with Gasteiger partial charge in [-0.15, -0.1) is 0 Å². The minimum absolute atomic E-state index is 0.00988. The fourth-order valence-electron chi connectivity index (χ4n) is 3.13. The van der Waals surface area contributed by atoms with Gasteiger partial charge in [0.15, 0.2) is 11.6 Å². The Morgan fingerprint density at radius 3 is 2.79 bits per heavy atom. The summed E-state index contributed by atoms with van der Waals surface area (Å²) in [6.45, 7) is 1.07. The first-order chi connectivity index (χ1) is 14.0. The van der Waals surface area contributed by atoms with E-state index in [2.05, 4.69) is 26.2 Å². The van der Waals surface area contributed by atoms with Crippen LogP contribution < -0.4 is 10.9 Å². The highest BCUT2D eigenvalue weighted by Gasteiger charge is 2.18. The summed E-state index contributed by atoms with van der Waals surface area (Å²) in [5.41, 5.74) is 0.844. The summed E-state index contributed by atoms with van der Waals surface area (Å²) in [5.74, 6) is -2.38. The number of amides is 1. The second-order valence-electron chi connectivity index (χ2n) is 6.70. The van der Waals surface area contributed by atoms with Crippen molar-refractivity contribution in [2.45, 2.75) is 18.9 Å². The van der Waals surface area contributed by atoms with Crippen LogP contribution in [0.3, 0.4) is 0 Å². The van der Waals surface area contributed by atoms with Crippen molar-refractivity contribution < 1.29 is 22.7 Å². The molecule has 0 bridgehead atoms. The minimum Gasteiger partial charge on any atom is -0.438 e. The number of ether oxygens (including phenoxy) is 1. The summed E-state index contributed by atoms with van der Waals surface area (Å²) < 4.78 is 39.0. The summed E-state index contributed by atoms with van der Waals surface area (Å²) >= 11 is 3.40. The molecular weight excluding hydrogens is 446 g/mol. The van der Waals surface area contributed by atoms with Crippen LogP contribution in [0.15, 0.2) is 56.3 Å². The summed E-state index contributed by atoms with van der Waals surface area (Å²) in [5, 5.41) is 3.54. The van der Waals surface area contributed by atoms with Crippen LogP contribution in [0.2, 0.25) is 0 Å². The van der Waals surface area contributed by atoms with Crippen molar-refractivity contribution in [3.8, 4) is 0 Å². The molecule has 1 fully saturated rings. The molecular formula is C21H17BrF2N2O3. The van der Waals surface area contributed by atoms with E-state index >= 15 is 0 Å². The van der Waals surface area contributed by atoms with Crippen molar-refractivity contribution in [1.29, 1.82) is 0 Å². The van der Waals surface area contributed by atoms with Gasteiger partial charge in [-0.25, -0.2) is 13.8 Å². The quantitative estimate of drug-likeness (QED) is 0.615. The molecule has 1 aliphatic heterocycles. The lowest BCUT2D eigenvalue weighted by atomic mass is 10.1. The Bertz CT molecular complexity index is 1140. The van der Waals surface area contributed by atoms with Gasteiger partial charge in [0.05, 0.1) is 11.8 Å². The Labute approximate surface area is 173 Å². The number of rotatable bonds is 4. The number of carbonyl (C=O) groups is 1. The fraction of sp³-hybridized carbons (Fsp3) is 0.238. The molecule has 2 aromatic carbocycles. The maximum atomic E-state index is 13.6. The monoisotopic (exact) mass is 462 g/mol. The van der Waals surface area contributed by atoms with Gasteiger partial charge in [0.2, 0.25) is 5.55 Å². The lowest BCUT2D eigenvalue weighted by Gasteiger charge is -2.11. The van der Waals surface area contributed by atoms with E-state index in [9.17, 15) is 13.6 Å². The second kappa shape index (κ2) is 8.42. The topological polar surface area (TPSA) is 63.8 Å². The van der Waals surface area contributed by atoms with Crippen LogP contribution in [-0.4, -0.2) is 25.2 Å². The molecule has 1 amide bonds. The highest BCUT2D eigenvalue weighted by molar-refractivity contribution is 9.10. The third-order valence-electron chi connectivity index (χ3n) is 4.60. The van der Waals surface area contributed by atoms with Gasteiger partial charge in [0.25, 0.3) is 5.91 Å². The Morgan fingerprint density at radius 2 is 2.03 bits per heavy atom.